The van der Waals surface area contributed by atoms with E-state index in [1.807, 2.05) is 91.0 Å². The molecule has 0 aliphatic rings. The van der Waals surface area contributed by atoms with Crippen LogP contribution in [0.2, 0.25) is 0 Å². The first-order valence-electron chi connectivity index (χ1n) is 22.2. The van der Waals surface area contributed by atoms with Crippen LogP contribution in [0.25, 0.3) is 101 Å². The Morgan fingerprint density at radius 1 is 0.345 bits per heavy atom. The number of aromatic nitrogens is 3. The van der Waals surface area contributed by atoms with Crippen LogP contribution in [-0.2, 0) is 0 Å². The molecule has 4 nitrogen and oxygen atoms in total. The van der Waals surface area contributed by atoms with Crippen LogP contribution in [0.15, 0.2) is 204 Å². The predicted molar refractivity (Wildman–Crippen MR) is 225 cm³/mol. The molecule has 0 radical (unpaired) electrons. The highest BCUT2D eigenvalue weighted by molar-refractivity contribution is 6.15. The highest BCUT2D eigenvalue weighted by atomic mass is 16.3. The van der Waals surface area contributed by atoms with Gasteiger partial charge in [0.1, 0.15) is 11.2 Å². The molecule has 0 bridgehead atoms. The van der Waals surface area contributed by atoms with Gasteiger partial charge >= 0.3 is 0 Å². The Labute approximate surface area is 331 Å². The van der Waals surface area contributed by atoms with Gasteiger partial charge in [-0.25, -0.2) is 15.0 Å². The molecule has 0 fully saturated rings. The molecule has 0 N–H and O–H groups in total. The third kappa shape index (κ3) is 6.16. The lowest BCUT2D eigenvalue weighted by atomic mass is 9.98. The molecule has 2 aromatic heterocycles. The number of para-hydroxylation sites is 1. The molecule has 0 aliphatic carbocycles. The average Bonchev–Trinajstić information content (AvgIpc) is 3.73. The molecule has 10 rings (SSSR count). The lowest BCUT2D eigenvalue weighted by Crippen LogP contribution is -2.00. The molecular weight excluding hydrogens is 671 g/mol. The average molecular weight is 713 g/mol. The van der Waals surface area contributed by atoms with Crippen LogP contribution in [0.4, 0.5) is 0 Å². The van der Waals surface area contributed by atoms with Crippen LogP contribution in [0, 0.1) is 0 Å². The van der Waals surface area contributed by atoms with Crippen molar-refractivity contribution in [3.63, 3.8) is 0 Å². The molecule has 55 heavy (non-hydrogen) atoms. The zero-order chi connectivity index (χ0) is 44.4. The molecule has 0 amide bonds. The maximum absolute atomic E-state index is 9.14. The van der Waals surface area contributed by atoms with E-state index in [0.29, 0.717) is 45.0 Å². The largest absolute Gasteiger partial charge is 0.455 e. The van der Waals surface area contributed by atoms with Gasteiger partial charge in [0, 0.05) is 33.0 Å². The summed E-state index contributed by atoms with van der Waals surface area (Å²) in [6.07, 6.45) is 0. The van der Waals surface area contributed by atoms with Crippen molar-refractivity contribution in [2.75, 3.05) is 0 Å². The first kappa shape index (κ1) is 24.0. The molecule has 0 spiro atoms. The van der Waals surface area contributed by atoms with Gasteiger partial charge in [-0.15, -0.1) is 0 Å². The van der Waals surface area contributed by atoms with E-state index in [9.17, 15) is 0 Å². The highest BCUT2D eigenvalue weighted by Crippen LogP contribution is 2.41. The Bertz CT molecular complexity index is 3410. The van der Waals surface area contributed by atoms with Crippen molar-refractivity contribution < 1.29 is 16.8 Å². The SMILES string of the molecule is [2H]c1c([2H])c([2H])c(-c2c([2H])c([2H])c(-c3cccc4c3oc3cccc(-c5nc(-c6ccccc6)nc(-c6ccc(-c7ccc(-c8ccccc8)cc7)cc6)n5)c34)c([2H])c2[2H])c([2H])c1[2H]. The Kier molecular flexibility index (Phi) is 6.04. The number of hydrogen-bond acceptors (Lipinski definition) is 4. The normalized spacial score (nSPS) is 13.6. The van der Waals surface area contributed by atoms with Gasteiger partial charge in [0.25, 0.3) is 0 Å². The lowest BCUT2D eigenvalue weighted by molar-refractivity contribution is 0.670. The van der Waals surface area contributed by atoms with Gasteiger partial charge in [-0.3, -0.25) is 0 Å². The number of hydrogen-bond donors (Lipinski definition) is 0. The summed E-state index contributed by atoms with van der Waals surface area (Å²) in [4.78, 5) is 15.0. The molecule has 0 saturated carbocycles. The van der Waals surface area contributed by atoms with E-state index >= 15 is 0 Å². The van der Waals surface area contributed by atoms with Gasteiger partial charge in [-0.1, -0.05) is 194 Å². The minimum atomic E-state index is -0.639. The maximum Gasteiger partial charge on any atom is 0.164 e. The summed E-state index contributed by atoms with van der Waals surface area (Å²) in [5.74, 6) is 1.31. The second-order valence-corrected chi connectivity index (χ2v) is 12.9. The van der Waals surface area contributed by atoms with E-state index in [1.54, 1.807) is 18.2 Å². The van der Waals surface area contributed by atoms with Crippen molar-refractivity contribution in [1.29, 1.82) is 0 Å². The third-order valence-corrected chi connectivity index (χ3v) is 9.54. The molecule has 10 aromatic rings. The molecule has 2 heterocycles. The minimum absolute atomic E-state index is 0.0679. The zero-order valence-electron chi connectivity index (χ0n) is 38.1. The number of furan rings is 1. The zero-order valence-corrected chi connectivity index (χ0v) is 29.1. The number of benzene rings is 8. The van der Waals surface area contributed by atoms with Crippen molar-refractivity contribution in [3.8, 4) is 78.7 Å². The number of fused-ring (bicyclic) bond motifs is 3. The monoisotopic (exact) mass is 712 g/mol. The van der Waals surface area contributed by atoms with Crippen molar-refractivity contribution in [3.05, 3.63) is 200 Å². The highest BCUT2D eigenvalue weighted by Gasteiger charge is 2.19. The summed E-state index contributed by atoms with van der Waals surface area (Å²) in [7, 11) is 0. The summed E-state index contributed by atoms with van der Waals surface area (Å²) >= 11 is 0. The van der Waals surface area contributed by atoms with Crippen molar-refractivity contribution in [1.82, 2.24) is 15.0 Å². The van der Waals surface area contributed by atoms with Gasteiger partial charge in [0.15, 0.2) is 17.5 Å². The first-order chi connectivity index (χ1) is 31.0. The molecule has 0 saturated heterocycles. The van der Waals surface area contributed by atoms with Crippen LogP contribution in [0.3, 0.4) is 0 Å². The Balaban J connectivity index is 1.09. The van der Waals surface area contributed by atoms with E-state index in [-0.39, 0.29) is 16.7 Å². The second-order valence-electron chi connectivity index (χ2n) is 12.9. The van der Waals surface area contributed by atoms with Gasteiger partial charge in [-0.2, -0.15) is 0 Å². The molecule has 0 unspecified atom stereocenters. The fourth-order valence-corrected chi connectivity index (χ4v) is 6.82. The summed E-state index contributed by atoms with van der Waals surface area (Å²) in [6, 6.07) is 42.0. The molecular formula is C51H33N3O. The molecule has 0 atom stereocenters. The van der Waals surface area contributed by atoms with E-state index in [0.717, 1.165) is 33.4 Å². The Hall–Kier alpha value is -7.43. The fraction of sp³-hybridized carbons (Fsp3) is 0. The van der Waals surface area contributed by atoms with Gasteiger partial charge < -0.3 is 4.42 Å². The summed E-state index contributed by atoms with van der Waals surface area (Å²) in [5, 5.41) is 1.27. The number of nitrogens with zero attached hydrogens (tertiary/aromatic N) is 3. The van der Waals surface area contributed by atoms with Gasteiger partial charge in [0.2, 0.25) is 0 Å². The fourth-order valence-electron chi connectivity index (χ4n) is 6.82. The Morgan fingerprint density at radius 2 is 0.818 bits per heavy atom. The predicted octanol–water partition coefficient (Wildman–Crippen LogP) is 13.4. The molecule has 0 aliphatic heterocycles. The second kappa shape index (κ2) is 13.8. The van der Waals surface area contributed by atoms with E-state index in [4.69, 9.17) is 31.7 Å². The van der Waals surface area contributed by atoms with Crippen LogP contribution >= 0.6 is 0 Å². The van der Waals surface area contributed by atoms with E-state index in [1.165, 1.54) is 0 Å². The molecule has 258 valence electrons. The van der Waals surface area contributed by atoms with Crippen LogP contribution < -0.4 is 0 Å². The quantitative estimate of drug-likeness (QED) is 0.165. The van der Waals surface area contributed by atoms with E-state index < -0.39 is 59.9 Å². The topological polar surface area (TPSA) is 51.8 Å². The van der Waals surface area contributed by atoms with Crippen molar-refractivity contribution >= 4 is 21.9 Å². The van der Waals surface area contributed by atoms with Gasteiger partial charge in [0.05, 0.1) is 12.3 Å². The lowest BCUT2D eigenvalue weighted by Gasteiger charge is -2.10. The summed E-state index contributed by atoms with van der Waals surface area (Å²) < 4.78 is 84.1. The standard InChI is InChI=1S/C51H33N3O/c1-4-12-34(13-5-1)36-22-24-38(25-23-36)39-28-32-42(33-29-39)50-52-49(41-16-8-3-9-17-41)53-51(54-50)45-20-11-21-46-47(45)44-19-10-18-43(48(44)55-46)40-30-26-37(27-31-40)35-14-6-2-7-15-35/h1-33H/i2D,6D,7D,14D,15D,26D,27D,30D,31D. The smallest absolute Gasteiger partial charge is 0.164 e. The van der Waals surface area contributed by atoms with Gasteiger partial charge in [-0.05, 0) is 45.0 Å². The minimum Gasteiger partial charge on any atom is -0.455 e. The molecule has 8 aromatic carbocycles. The summed E-state index contributed by atoms with van der Waals surface area (Å²) in [5.41, 5.74) is 6.81. The number of rotatable bonds is 7. The summed E-state index contributed by atoms with van der Waals surface area (Å²) in [6.45, 7) is 0. The van der Waals surface area contributed by atoms with Crippen LogP contribution in [0.5, 0.6) is 0 Å². The van der Waals surface area contributed by atoms with Crippen LogP contribution in [-0.4, -0.2) is 15.0 Å². The van der Waals surface area contributed by atoms with Crippen LogP contribution in [0.1, 0.15) is 12.3 Å². The maximum atomic E-state index is 9.14. The first-order valence-corrected chi connectivity index (χ1v) is 17.7. The van der Waals surface area contributed by atoms with Crippen molar-refractivity contribution in [2.24, 2.45) is 0 Å². The van der Waals surface area contributed by atoms with E-state index in [2.05, 4.69) is 36.4 Å². The molecule has 4 heteroatoms. The Morgan fingerprint density at radius 3 is 1.45 bits per heavy atom. The van der Waals surface area contributed by atoms with Crippen molar-refractivity contribution in [2.45, 2.75) is 0 Å². The third-order valence-electron chi connectivity index (χ3n) is 9.54.